The number of alkyl halides is 2. The Bertz CT molecular complexity index is 1310. The van der Waals surface area contributed by atoms with Crippen LogP contribution < -0.4 is 0 Å². The topological polar surface area (TPSA) is 93.1 Å². The van der Waals surface area contributed by atoms with Gasteiger partial charge < -0.3 is 19.7 Å². The second-order valence-electron chi connectivity index (χ2n) is 13.0. The number of carbonyl (C=O) groups excluding carboxylic acids is 2. The van der Waals surface area contributed by atoms with E-state index >= 15 is 8.78 Å². The van der Waals surface area contributed by atoms with E-state index in [-0.39, 0.29) is 24.8 Å². The Morgan fingerprint density at radius 2 is 1.85 bits per heavy atom. The SMILES string of the molecule is C[C@]12C=CC(=O)C=C1[C@@H](F)C[C@H]1[C@@H]3C[C@H]4O[C@@H](C5(c6ccccc6)CC5)O[C@@]4(C(=O)CO)[C@@]3(C)C[C@H](O)[C@@]12F. The summed E-state index contributed by atoms with van der Waals surface area (Å²) in [6.07, 6.45) is 0.734. The minimum absolute atomic E-state index is 0.0573. The van der Waals surface area contributed by atoms with Crippen LogP contribution in [0.5, 0.6) is 0 Å². The molecule has 5 aliphatic carbocycles. The van der Waals surface area contributed by atoms with Crippen molar-refractivity contribution in [2.75, 3.05) is 6.61 Å². The Balaban J connectivity index is 1.31. The fraction of sp³-hybridized carbons (Fsp3) is 0.613. The van der Waals surface area contributed by atoms with Gasteiger partial charge in [0.2, 0.25) is 0 Å². The average Bonchev–Trinajstić information content (AvgIpc) is 3.58. The first kappa shape index (κ1) is 25.7. The standard InChI is InChI=1S/C31H34F2O6/c1-27-9-8-18(35)12-21(27)22(32)13-20-19-14-25-31(24(37)16-34,28(19,2)15-23(36)30(20,27)33)39-26(38-25)29(10-11-29)17-6-4-3-5-7-17/h3-9,12,19-20,22-23,25-26,34,36H,10-11,13-16H2,1-2H3/t19-,20-,22-,23-,25+,26+,27-,28-,30-,31+/m0/s1. The summed E-state index contributed by atoms with van der Waals surface area (Å²) in [6.45, 7) is 2.58. The number of ketones is 2. The van der Waals surface area contributed by atoms with Gasteiger partial charge in [0.25, 0.3) is 0 Å². The molecule has 1 aromatic rings. The normalized spacial score (nSPS) is 49.0. The van der Waals surface area contributed by atoms with E-state index in [0.29, 0.717) is 0 Å². The van der Waals surface area contributed by atoms with Crippen LogP contribution in [0.4, 0.5) is 8.78 Å². The summed E-state index contributed by atoms with van der Waals surface area (Å²) in [5, 5.41) is 21.8. The van der Waals surface area contributed by atoms with Gasteiger partial charge in [-0.15, -0.1) is 0 Å². The van der Waals surface area contributed by atoms with Crippen molar-refractivity contribution in [1.29, 1.82) is 0 Å². The summed E-state index contributed by atoms with van der Waals surface area (Å²) in [5.41, 5.74) is -5.78. The fourth-order valence-electron chi connectivity index (χ4n) is 9.38. The number of fused-ring (bicyclic) bond motifs is 7. The highest BCUT2D eigenvalue weighted by Crippen LogP contribution is 2.73. The molecule has 7 rings (SSSR count). The van der Waals surface area contributed by atoms with Gasteiger partial charge in [-0.05, 0) is 68.2 Å². The summed E-state index contributed by atoms with van der Waals surface area (Å²) in [5.74, 6) is -2.46. The number of benzene rings is 1. The lowest BCUT2D eigenvalue weighted by molar-refractivity contribution is -0.237. The molecular weight excluding hydrogens is 506 g/mol. The summed E-state index contributed by atoms with van der Waals surface area (Å²) < 4.78 is 46.5. The highest BCUT2D eigenvalue weighted by molar-refractivity contribution is 6.01. The van der Waals surface area contributed by atoms with Gasteiger partial charge in [-0.2, -0.15) is 0 Å². The zero-order valence-corrected chi connectivity index (χ0v) is 22.1. The summed E-state index contributed by atoms with van der Waals surface area (Å²) in [6, 6.07) is 9.85. The predicted molar refractivity (Wildman–Crippen MR) is 136 cm³/mol. The van der Waals surface area contributed by atoms with Gasteiger partial charge >= 0.3 is 0 Å². The van der Waals surface area contributed by atoms with Crippen LogP contribution in [-0.4, -0.2) is 64.3 Å². The second kappa shape index (κ2) is 7.93. The molecule has 0 amide bonds. The molecule has 10 atom stereocenters. The lowest BCUT2D eigenvalue weighted by Gasteiger charge is -2.63. The number of Topliss-reactive ketones (excluding diaryl/α,β-unsaturated/α-hetero) is 1. The lowest BCUT2D eigenvalue weighted by atomic mass is 9.44. The van der Waals surface area contributed by atoms with Gasteiger partial charge in [0.1, 0.15) is 12.8 Å². The van der Waals surface area contributed by atoms with Crippen molar-refractivity contribution in [2.45, 2.75) is 87.3 Å². The lowest BCUT2D eigenvalue weighted by Crippen LogP contribution is -2.71. The maximum Gasteiger partial charge on any atom is 0.193 e. The van der Waals surface area contributed by atoms with Crippen molar-refractivity contribution in [3.8, 4) is 0 Å². The number of carbonyl (C=O) groups is 2. The van der Waals surface area contributed by atoms with E-state index in [1.165, 1.54) is 18.2 Å². The molecule has 0 spiro atoms. The van der Waals surface area contributed by atoms with Crippen LogP contribution in [0.15, 0.2) is 54.1 Å². The molecule has 1 aromatic carbocycles. The number of allylic oxidation sites excluding steroid dienone is 4. The molecule has 208 valence electrons. The molecule has 8 heteroatoms. The van der Waals surface area contributed by atoms with Crippen molar-refractivity contribution in [3.05, 3.63) is 59.7 Å². The van der Waals surface area contributed by atoms with Crippen LogP contribution in [0, 0.1) is 22.7 Å². The van der Waals surface area contributed by atoms with Crippen LogP contribution in [-0.2, 0) is 24.5 Å². The minimum Gasteiger partial charge on any atom is -0.390 e. The minimum atomic E-state index is -2.26. The van der Waals surface area contributed by atoms with Gasteiger partial charge in [-0.3, -0.25) is 9.59 Å². The maximum atomic E-state index is 17.5. The van der Waals surface area contributed by atoms with E-state index in [9.17, 15) is 19.8 Å². The van der Waals surface area contributed by atoms with Crippen LogP contribution >= 0.6 is 0 Å². The molecule has 5 fully saturated rings. The van der Waals surface area contributed by atoms with Gasteiger partial charge in [0.15, 0.2) is 29.1 Å². The quantitative estimate of drug-likeness (QED) is 0.605. The summed E-state index contributed by atoms with van der Waals surface area (Å²) >= 11 is 0. The molecule has 1 aliphatic heterocycles. The molecule has 0 radical (unpaired) electrons. The summed E-state index contributed by atoms with van der Waals surface area (Å²) in [4.78, 5) is 25.8. The molecule has 4 saturated carbocycles. The Kier molecular flexibility index (Phi) is 5.23. The third kappa shape index (κ3) is 2.89. The Labute approximate surface area is 226 Å². The first-order valence-electron chi connectivity index (χ1n) is 14.0. The molecule has 0 bridgehead atoms. The number of hydrogen-bond donors (Lipinski definition) is 2. The zero-order valence-electron chi connectivity index (χ0n) is 22.1. The number of halogens is 2. The highest BCUT2D eigenvalue weighted by atomic mass is 19.1. The Morgan fingerprint density at radius 1 is 1.13 bits per heavy atom. The van der Waals surface area contributed by atoms with Crippen molar-refractivity contribution in [2.24, 2.45) is 22.7 Å². The number of rotatable bonds is 4. The van der Waals surface area contributed by atoms with Gasteiger partial charge in [0.05, 0.1) is 12.2 Å². The van der Waals surface area contributed by atoms with E-state index in [2.05, 4.69) is 0 Å². The molecular formula is C31H34F2O6. The molecule has 0 aromatic heterocycles. The second-order valence-corrected chi connectivity index (χ2v) is 13.0. The van der Waals surface area contributed by atoms with Crippen molar-refractivity contribution in [1.82, 2.24) is 0 Å². The monoisotopic (exact) mass is 540 g/mol. The smallest absolute Gasteiger partial charge is 0.193 e. The largest absolute Gasteiger partial charge is 0.390 e. The van der Waals surface area contributed by atoms with Crippen LogP contribution in [0.25, 0.3) is 0 Å². The van der Waals surface area contributed by atoms with E-state index in [4.69, 9.17) is 9.47 Å². The fourth-order valence-corrected chi connectivity index (χ4v) is 9.38. The van der Waals surface area contributed by atoms with Gasteiger partial charge in [-0.25, -0.2) is 8.78 Å². The van der Waals surface area contributed by atoms with Crippen LogP contribution in [0.3, 0.4) is 0 Å². The average molecular weight is 541 g/mol. The van der Waals surface area contributed by atoms with Crippen LogP contribution in [0.2, 0.25) is 0 Å². The zero-order chi connectivity index (χ0) is 27.6. The van der Waals surface area contributed by atoms with Crippen molar-refractivity contribution in [3.63, 3.8) is 0 Å². The van der Waals surface area contributed by atoms with Crippen LogP contribution in [0.1, 0.15) is 51.5 Å². The first-order valence-corrected chi connectivity index (χ1v) is 14.0. The maximum absolute atomic E-state index is 17.5. The number of aliphatic hydroxyl groups excluding tert-OH is 2. The van der Waals surface area contributed by atoms with E-state index in [1.54, 1.807) is 6.92 Å². The number of ether oxygens (including phenoxy) is 2. The predicted octanol–water partition coefficient (Wildman–Crippen LogP) is 3.69. The van der Waals surface area contributed by atoms with E-state index in [0.717, 1.165) is 18.4 Å². The third-order valence-corrected chi connectivity index (χ3v) is 11.5. The molecule has 39 heavy (non-hydrogen) atoms. The van der Waals surface area contributed by atoms with Crippen molar-refractivity contribution >= 4 is 11.6 Å². The molecule has 1 heterocycles. The number of aliphatic hydroxyl groups is 2. The van der Waals surface area contributed by atoms with E-state index in [1.807, 2.05) is 37.3 Å². The third-order valence-electron chi connectivity index (χ3n) is 11.5. The Hall–Kier alpha value is -2.26. The molecule has 0 unspecified atom stereocenters. The number of hydrogen-bond acceptors (Lipinski definition) is 6. The summed E-state index contributed by atoms with van der Waals surface area (Å²) in [7, 11) is 0. The van der Waals surface area contributed by atoms with Gasteiger partial charge in [-0.1, -0.05) is 43.3 Å². The van der Waals surface area contributed by atoms with E-state index < -0.39 is 82.2 Å². The molecule has 6 nitrogen and oxygen atoms in total. The molecule has 1 saturated heterocycles. The Morgan fingerprint density at radius 3 is 2.51 bits per heavy atom. The first-order chi connectivity index (χ1) is 18.5. The highest BCUT2D eigenvalue weighted by Gasteiger charge is 2.81. The van der Waals surface area contributed by atoms with Gasteiger partial charge in [0, 0.05) is 22.2 Å². The molecule has 2 N–H and O–H groups in total. The molecule has 6 aliphatic rings. The van der Waals surface area contributed by atoms with Crippen molar-refractivity contribution < 1.29 is 38.1 Å².